The maximum Gasteiger partial charge on any atom is 0.306 e. The van der Waals surface area contributed by atoms with Gasteiger partial charge < -0.3 is 9.84 Å². The maximum atomic E-state index is 12.3. The van der Waals surface area contributed by atoms with E-state index in [1.807, 2.05) is 0 Å². The second-order valence-corrected chi connectivity index (χ2v) is 5.35. The van der Waals surface area contributed by atoms with Crippen LogP contribution in [0.1, 0.15) is 42.5 Å². The summed E-state index contributed by atoms with van der Waals surface area (Å²) in [6.07, 6.45) is 3.78. The van der Waals surface area contributed by atoms with Crippen LogP contribution in [0, 0.1) is 11.8 Å². The van der Waals surface area contributed by atoms with Gasteiger partial charge in [0.25, 0.3) is 0 Å². The summed E-state index contributed by atoms with van der Waals surface area (Å²) in [5.74, 6) is -0.539. The van der Waals surface area contributed by atoms with Gasteiger partial charge in [-0.25, -0.2) is 0 Å². The summed E-state index contributed by atoms with van der Waals surface area (Å²) in [6.45, 7) is 0. The third kappa shape index (κ3) is 3.38. The molecule has 1 aromatic rings. The highest BCUT2D eigenvalue weighted by Gasteiger charge is 2.32. The number of ketones is 1. The molecule has 4 heteroatoms. The molecule has 4 nitrogen and oxygen atoms in total. The zero-order chi connectivity index (χ0) is 14.5. The third-order valence-electron chi connectivity index (χ3n) is 4.07. The molecule has 0 radical (unpaired) electrons. The Labute approximate surface area is 118 Å². The van der Waals surface area contributed by atoms with Crippen LogP contribution in [0.5, 0.6) is 5.75 Å². The Morgan fingerprint density at radius 2 is 2.05 bits per heavy atom. The fourth-order valence-corrected chi connectivity index (χ4v) is 2.93. The molecule has 0 aliphatic heterocycles. The van der Waals surface area contributed by atoms with E-state index >= 15 is 0 Å². The summed E-state index contributed by atoms with van der Waals surface area (Å²) in [5, 5.41) is 9.24. The molecule has 2 unspecified atom stereocenters. The molecule has 108 valence electrons. The second kappa shape index (κ2) is 6.55. The molecular formula is C16H20O4. The first-order chi connectivity index (χ1) is 9.61. The smallest absolute Gasteiger partial charge is 0.306 e. The molecule has 20 heavy (non-hydrogen) atoms. The molecule has 0 spiro atoms. The van der Waals surface area contributed by atoms with Crippen LogP contribution in [0.15, 0.2) is 24.3 Å². The minimum absolute atomic E-state index is 0.00190. The third-order valence-corrected chi connectivity index (χ3v) is 4.07. The lowest BCUT2D eigenvalue weighted by Gasteiger charge is -2.27. The topological polar surface area (TPSA) is 63.6 Å². The normalized spacial score (nSPS) is 22.2. The van der Waals surface area contributed by atoms with Crippen LogP contribution in [0.3, 0.4) is 0 Å². The summed E-state index contributed by atoms with van der Waals surface area (Å²) < 4.78 is 5.11. The Hall–Kier alpha value is -1.84. The number of carbonyl (C=O) groups is 2. The largest absolute Gasteiger partial charge is 0.497 e. The van der Waals surface area contributed by atoms with Crippen molar-refractivity contribution >= 4 is 11.8 Å². The van der Waals surface area contributed by atoms with E-state index in [-0.39, 0.29) is 17.6 Å². The van der Waals surface area contributed by atoms with Crippen LogP contribution >= 0.6 is 0 Å². The van der Waals surface area contributed by atoms with Gasteiger partial charge in [-0.15, -0.1) is 0 Å². The van der Waals surface area contributed by atoms with E-state index in [9.17, 15) is 14.7 Å². The van der Waals surface area contributed by atoms with Gasteiger partial charge in [0, 0.05) is 12.0 Å². The zero-order valence-corrected chi connectivity index (χ0v) is 11.7. The monoisotopic (exact) mass is 276 g/mol. The van der Waals surface area contributed by atoms with E-state index in [1.165, 1.54) is 0 Å². The highest BCUT2D eigenvalue weighted by molar-refractivity contribution is 5.96. The molecule has 2 rings (SSSR count). The van der Waals surface area contributed by atoms with Gasteiger partial charge in [0.15, 0.2) is 5.78 Å². The van der Waals surface area contributed by atoms with E-state index in [0.717, 1.165) is 19.3 Å². The number of hydrogen-bond acceptors (Lipinski definition) is 3. The van der Waals surface area contributed by atoms with E-state index in [4.69, 9.17) is 4.74 Å². The Bertz CT molecular complexity index is 495. The lowest BCUT2D eigenvalue weighted by atomic mass is 9.76. The number of carboxylic acid groups (broad SMARTS) is 1. The summed E-state index contributed by atoms with van der Waals surface area (Å²) >= 11 is 0. The van der Waals surface area contributed by atoms with E-state index in [2.05, 4.69) is 0 Å². The summed E-state index contributed by atoms with van der Waals surface area (Å²) in [5.41, 5.74) is 0.596. The highest BCUT2D eigenvalue weighted by atomic mass is 16.5. The van der Waals surface area contributed by atoms with Crippen LogP contribution in [0.25, 0.3) is 0 Å². The van der Waals surface area contributed by atoms with Crippen molar-refractivity contribution in [1.29, 1.82) is 0 Å². The van der Waals surface area contributed by atoms with Crippen LogP contribution < -0.4 is 4.74 Å². The fourth-order valence-electron chi connectivity index (χ4n) is 2.93. The fraction of sp³-hybridized carbons (Fsp3) is 0.500. The number of benzene rings is 1. The van der Waals surface area contributed by atoms with Gasteiger partial charge in [-0.05, 0) is 30.9 Å². The molecule has 0 heterocycles. The first kappa shape index (κ1) is 14.6. The average molecular weight is 276 g/mol. The lowest BCUT2D eigenvalue weighted by Crippen LogP contribution is -2.28. The minimum Gasteiger partial charge on any atom is -0.497 e. The molecular weight excluding hydrogens is 256 g/mol. The number of carboxylic acids is 1. The predicted octanol–water partition coefficient (Wildman–Crippen LogP) is 3.16. The summed E-state index contributed by atoms with van der Waals surface area (Å²) in [7, 11) is 1.56. The molecule has 0 amide bonds. The van der Waals surface area contributed by atoms with Crippen LogP contribution in [-0.4, -0.2) is 24.0 Å². The van der Waals surface area contributed by atoms with Crippen molar-refractivity contribution in [3.05, 3.63) is 29.8 Å². The van der Waals surface area contributed by atoms with Gasteiger partial charge >= 0.3 is 5.97 Å². The van der Waals surface area contributed by atoms with Crippen LogP contribution in [0.2, 0.25) is 0 Å². The highest BCUT2D eigenvalue weighted by Crippen LogP contribution is 2.33. The van der Waals surface area contributed by atoms with Crippen LogP contribution in [-0.2, 0) is 4.79 Å². The van der Waals surface area contributed by atoms with Crippen molar-refractivity contribution in [2.75, 3.05) is 7.11 Å². The zero-order valence-electron chi connectivity index (χ0n) is 11.7. The average Bonchev–Trinajstić information content (AvgIpc) is 2.47. The Balaban J connectivity index is 2.07. The van der Waals surface area contributed by atoms with Gasteiger partial charge in [0.1, 0.15) is 5.75 Å². The van der Waals surface area contributed by atoms with Gasteiger partial charge in [0.05, 0.1) is 13.0 Å². The van der Waals surface area contributed by atoms with Gasteiger partial charge in [-0.1, -0.05) is 25.0 Å². The van der Waals surface area contributed by atoms with Crippen molar-refractivity contribution in [2.24, 2.45) is 11.8 Å². The van der Waals surface area contributed by atoms with Gasteiger partial charge in [-0.3, -0.25) is 9.59 Å². The molecule has 1 aliphatic carbocycles. The first-order valence-corrected chi connectivity index (χ1v) is 7.02. The van der Waals surface area contributed by atoms with Gasteiger partial charge in [-0.2, -0.15) is 0 Å². The van der Waals surface area contributed by atoms with Crippen molar-refractivity contribution < 1.29 is 19.4 Å². The number of rotatable bonds is 5. The lowest BCUT2D eigenvalue weighted by molar-refractivity contribution is -0.144. The molecule has 1 fully saturated rings. The molecule has 2 atom stereocenters. The number of hydrogen-bond donors (Lipinski definition) is 1. The molecule has 1 N–H and O–H groups in total. The second-order valence-electron chi connectivity index (χ2n) is 5.35. The molecule has 0 saturated heterocycles. The number of carbonyl (C=O) groups excluding carboxylic acids is 1. The Kier molecular flexibility index (Phi) is 4.77. The first-order valence-electron chi connectivity index (χ1n) is 7.02. The SMILES string of the molecule is COc1cccc(C(=O)CC2CCCCC2C(=O)O)c1. The molecule has 0 aromatic heterocycles. The van der Waals surface area contributed by atoms with E-state index < -0.39 is 5.97 Å². The summed E-state index contributed by atoms with van der Waals surface area (Å²) in [4.78, 5) is 23.6. The summed E-state index contributed by atoms with van der Waals surface area (Å²) in [6, 6.07) is 7.03. The molecule has 1 aromatic carbocycles. The Morgan fingerprint density at radius 3 is 2.75 bits per heavy atom. The molecule has 0 bridgehead atoms. The van der Waals surface area contributed by atoms with Crippen LogP contribution in [0.4, 0.5) is 0 Å². The number of methoxy groups -OCH3 is 1. The quantitative estimate of drug-likeness (QED) is 0.839. The minimum atomic E-state index is -0.770. The van der Waals surface area contributed by atoms with Crippen molar-refractivity contribution in [3.8, 4) is 5.75 Å². The number of Topliss-reactive ketones (excluding diaryl/α,β-unsaturated/α-hetero) is 1. The number of aliphatic carboxylic acids is 1. The maximum absolute atomic E-state index is 12.3. The molecule has 1 saturated carbocycles. The van der Waals surface area contributed by atoms with Crippen molar-refractivity contribution in [1.82, 2.24) is 0 Å². The van der Waals surface area contributed by atoms with Crippen molar-refractivity contribution in [3.63, 3.8) is 0 Å². The standard InChI is InChI=1S/C16H20O4/c1-20-13-7-4-6-12(9-13)15(17)10-11-5-2-3-8-14(11)16(18)19/h4,6-7,9,11,14H,2-3,5,8,10H2,1H3,(H,18,19). The molecule has 1 aliphatic rings. The number of ether oxygens (including phenoxy) is 1. The van der Waals surface area contributed by atoms with E-state index in [0.29, 0.717) is 24.2 Å². The van der Waals surface area contributed by atoms with E-state index in [1.54, 1.807) is 31.4 Å². The van der Waals surface area contributed by atoms with Crippen molar-refractivity contribution in [2.45, 2.75) is 32.1 Å². The predicted molar refractivity (Wildman–Crippen MR) is 75.0 cm³/mol. The van der Waals surface area contributed by atoms with Gasteiger partial charge in [0.2, 0.25) is 0 Å². The Morgan fingerprint density at radius 1 is 1.30 bits per heavy atom.